The lowest BCUT2D eigenvalue weighted by Gasteiger charge is -2.73. The van der Waals surface area contributed by atoms with Gasteiger partial charge < -0.3 is 14.0 Å². The van der Waals surface area contributed by atoms with Gasteiger partial charge >= 0.3 is 11.9 Å². The van der Waals surface area contributed by atoms with Crippen molar-refractivity contribution in [1.29, 1.82) is 0 Å². The van der Waals surface area contributed by atoms with Crippen LogP contribution in [0, 0.1) is 63.2 Å². The van der Waals surface area contributed by atoms with Gasteiger partial charge in [0.15, 0.2) is 6.54 Å². The van der Waals surface area contributed by atoms with E-state index in [1.807, 2.05) is 0 Å². The number of fused-ring (bicyclic) bond motifs is 10. The van der Waals surface area contributed by atoms with Gasteiger partial charge in [-0.25, -0.2) is 0 Å². The monoisotopic (exact) mass is 636 g/mol. The van der Waals surface area contributed by atoms with E-state index >= 15 is 0 Å². The molecule has 1 radical (unpaired) electrons. The molecule has 6 nitrogen and oxygen atoms in total. The molecule has 10 atom stereocenters. The molecule has 0 amide bonds. The van der Waals surface area contributed by atoms with E-state index in [9.17, 15) is 9.59 Å². The van der Waals surface area contributed by atoms with Crippen LogP contribution in [0.3, 0.4) is 0 Å². The molecule has 6 heteroatoms. The molecule has 3 saturated heterocycles. The number of carbonyl (C=O) groups is 2. The molecule has 0 aromatic carbocycles. The fourth-order valence-electron chi connectivity index (χ4n) is 14.4. The van der Waals surface area contributed by atoms with Crippen molar-refractivity contribution in [2.45, 2.75) is 119 Å². The second-order valence-corrected chi connectivity index (χ2v) is 18.9. The van der Waals surface area contributed by atoms with Crippen LogP contribution in [0.25, 0.3) is 0 Å². The first-order chi connectivity index (χ1) is 21.6. The van der Waals surface area contributed by atoms with Gasteiger partial charge in [-0.05, 0) is 116 Å². The van der Waals surface area contributed by atoms with E-state index < -0.39 is 0 Å². The van der Waals surface area contributed by atoms with Crippen LogP contribution in [-0.4, -0.2) is 73.3 Å². The highest BCUT2D eigenvalue weighted by Gasteiger charge is 2.71. The largest absolute Gasteiger partial charge is 0.465 e. The predicted octanol–water partition coefficient (Wildman–Crippen LogP) is 7.43. The Hall–Kier alpha value is -1.40. The topological polar surface area (TPSA) is 55.8 Å². The van der Waals surface area contributed by atoms with Gasteiger partial charge in [0.1, 0.15) is 12.6 Å². The van der Waals surface area contributed by atoms with Crippen molar-refractivity contribution in [3.8, 4) is 0 Å². The Bertz CT molecular complexity index is 1240. The molecule has 8 aliphatic rings. The van der Waals surface area contributed by atoms with Crippen LogP contribution in [0.15, 0.2) is 12.2 Å². The number of rotatable bonds is 6. The average Bonchev–Trinajstić information content (AvgIpc) is 3.39. The summed E-state index contributed by atoms with van der Waals surface area (Å²) >= 11 is 0. The van der Waals surface area contributed by atoms with Crippen molar-refractivity contribution in [2.75, 3.05) is 45.9 Å². The Balaban J connectivity index is 1.20. The van der Waals surface area contributed by atoms with Crippen LogP contribution < -0.4 is 0 Å². The number of quaternary nitrogens is 1. The van der Waals surface area contributed by atoms with E-state index in [-0.39, 0.29) is 45.1 Å². The zero-order chi connectivity index (χ0) is 32.9. The highest BCUT2D eigenvalue weighted by molar-refractivity contribution is 5.66. The van der Waals surface area contributed by atoms with Crippen LogP contribution in [0.2, 0.25) is 0 Å². The van der Waals surface area contributed by atoms with Crippen LogP contribution in [0.4, 0.5) is 0 Å². The SMILES string of the molecule is C=C(C[N+]12[CH]CN(CC1)CC2)[C@@H]1CC[C@]2(COC(C)=O)CC[C@]3(C)[C@H](CCC4[C@@]5(C)CCC(OC(C)=O)C(C)(C)[C@@H]5CC[C@]43C)[C@@H]12. The summed E-state index contributed by atoms with van der Waals surface area (Å²) in [6.45, 7) is 31.2. The van der Waals surface area contributed by atoms with Gasteiger partial charge in [-0.3, -0.25) is 14.5 Å². The van der Waals surface area contributed by atoms with Crippen LogP contribution in [-0.2, 0) is 19.1 Å². The van der Waals surface area contributed by atoms with E-state index in [1.165, 1.54) is 83.1 Å². The van der Waals surface area contributed by atoms with E-state index in [0.29, 0.717) is 36.2 Å². The number of carbonyl (C=O) groups excluding carboxylic acids is 2. The fraction of sp³-hybridized carbons (Fsp3) is 0.875. The molecule has 46 heavy (non-hydrogen) atoms. The molecule has 2 unspecified atom stereocenters. The standard InChI is InChI=1S/C40H64N2O4/c1-27(25-42-22-19-41(20-23-42)21-24-42)30-11-16-40(26-45-28(2)43)18-17-38(7)31(35(30)40)9-10-33-37(6)14-13-34(46-29(3)44)36(4,5)32(37)12-15-39(33,38)8/h22,30-35H,1,9-21,23-26H2,2-8H3/q+1/t30-,31+,32-,33?,34?,35+,37-,38+,39+,40+/m0/s1. The summed E-state index contributed by atoms with van der Waals surface area (Å²) < 4.78 is 13.1. The van der Waals surface area contributed by atoms with Gasteiger partial charge in [0.25, 0.3) is 0 Å². The minimum Gasteiger partial charge on any atom is -0.465 e. The first kappa shape index (κ1) is 33.1. The molecule has 0 N–H and O–H groups in total. The van der Waals surface area contributed by atoms with Gasteiger partial charge in [0.2, 0.25) is 0 Å². The Labute approximate surface area is 280 Å². The van der Waals surface area contributed by atoms with Gasteiger partial charge in [0.05, 0.1) is 26.2 Å². The quantitative estimate of drug-likeness (QED) is 0.173. The summed E-state index contributed by atoms with van der Waals surface area (Å²) in [7, 11) is 0. The van der Waals surface area contributed by atoms with E-state index in [1.54, 1.807) is 13.8 Å². The third-order valence-corrected chi connectivity index (χ3v) is 16.9. The molecule has 0 aromatic heterocycles. The second kappa shape index (κ2) is 11.1. The maximum Gasteiger partial charge on any atom is 0.302 e. The number of nitrogens with zero attached hydrogens (tertiary/aromatic N) is 2. The van der Waals surface area contributed by atoms with Crippen molar-refractivity contribution in [1.82, 2.24) is 4.90 Å². The van der Waals surface area contributed by atoms with Gasteiger partial charge in [0, 0.05) is 37.8 Å². The first-order valence-corrected chi connectivity index (χ1v) is 19.0. The van der Waals surface area contributed by atoms with Crippen LogP contribution in [0.1, 0.15) is 113 Å². The normalized spacial score (nSPS) is 50.4. The van der Waals surface area contributed by atoms with Crippen molar-refractivity contribution in [3.63, 3.8) is 0 Å². The molecule has 3 heterocycles. The van der Waals surface area contributed by atoms with Crippen molar-refractivity contribution in [2.24, 2.45) is 56.7 Å². The maximum absolute atomic E-state index is 12.2. The molecule has 0 aromatic rings. The summed E-state index contributed by atoms with van der Waals surface area (Å²) in [5.41, 5.74) is 2.34. The summed E-state index contributed by atoms with van der Waals surface area (Å²) in [5.74, 6) is 2.68. The average molecular weight is 637 g/mol. The molecule has 2 bridgehead atoms. The molecule has 3 aliphatic heterocycles. The van der Waals surface area contributed by atoms with Gasteiger partial charge in [-0.1, -0.05) is 41.2 Å². The summed E-state index contributed by atoms with van der Waals surface area (Å²) in [6.07, 6.45) is 12.0. The van der Waals surface area contributed by atoms with Gasteiger partial charge in [-0.2, -0.15) is 0 Å². The number of hydrogen-bond donors (Lipinski definition) is 0. The Morgan fingerprint density at radius 3 is 2.24 bits per heavy atom. The summed E-state index contributed by atoms with van der Waals surface area (Å²) in [4.78, 5) is 26.9. The number of hydrogen-bond acceptors (Lipinski definition) is 5. The van der Waals surface area contributed by atoms with Crippen molar-refractivity contribution < 1.29 is 23.5 Å². The first-order valence-electron chi connectivity index (χ1n) is 19.0. The highest BCUT2D eigenvalue weighted by Crippen LogP contribution is 2.77. The van der Waals surface area contributed by atoms with E-state index in [4.69, 9.17) is 16.1 Å². The lowest BCUT2D eigenvalue weighted by molar-refractivity contribution is -0.909. The third-order valence-electron chi connectivity index (χ3n) is 16.9. The minimum absolute atomic E-state index is 0.0122. The molecule has 5 aliphatic carbocycles. The van der Waals surface area contributed by atoms with E-state index in [2.05, 4.69) is 46.1 Å². The molecular weight excluding hydrogens is 572 g/mol. The third kappa shape index (κ3) is 4.75. The minimum atomic E-state index is -0.132. The lowest BCUT2D eigenvalue weighted by Crippen LogP contribution is -2.67. The summed E-state index contributed by atoms with van der Waals surface area (Å²) in [6, 6.07) is 0. The molecule has 257 valence electrons. The zero-order valence-corrected chi connectivity index (χ0v) is 30.3. The predicted molar refractivity (Wildman–Crippen MR) is 181 cm³/mol. The molecule has 8 rings (SSSR count). The van der Waals surface area contributed by atoms with E-state index in [0.717, 1.165) is 30.4 Å². The van der Waals surface area contributed by atoms with Gasteiger partial charge in [-0.15, -0.1) is 0 Å². The molecular formula is C40H64N2O4+. The maximum atomic E-state index is 12.2. The molecule has 0 spiro atoms. The lowest BCUT2D eigenvalue weighted by atomic mass is 9.32. The highest BCUT2D eigenvalue weighted by atomic mass is 16.5. The fourth-order valence-corrected chi connectivity index (χ4v) is 14.4. The Kier molecular flexibility index (Phi) is 7.96. The number of ether oxygens (including phenoxy) is 2. The van der Waals surface area contributed by atoms with Crippen LogP contribution >= 0.6 is 0 Å². The molecule has 5 saturated carbocycles. The smallest absolute Gasteiger partial charge is 0.302 e. The second-order valence-electron chi connectivity index (χ2n) is 18.9. The Morgan fingerprint density at radius 1 is 0.848 bits per heavy atom. The summed E-state index contributed by atoms with van der Waals surface area (Å²) in [5, 5.41) is 0. The molecule has 8 fully saturated rings. The zero-order valence-electron chi connectivity index (χ0n) is 30.3. The number of esters is 2. The van der Waals surface area contributed by atoms with Crippen LogP contribution in [0.5, 0.6) is 0 Å². The van der Waals surface area contributed by atoms with Crippen molar-refractivity contribution >= 4 is 11.9 Å². The Morgan fingerprint density at radius 2 is 1.59 bits per heavy atom. The number of piperazine rings is 3. The van der Waals surface area contributed by atoms with Crippen molar-refractivity contribution in [3.05, 3.63) is 18.7 Å².